The highest BCUT2D eigenvalue weighted by Crippen LogP contribution is 2.23. The highest BCUT2D eigenvalue weighted by atomic mass is 35.5. The second-order valence-corrected chi connectivity index (χ2v) is 5.15. The van der Waals surface area contributed by atoms with Gasteiger partial charge in [0, 0.05) is 5.02 Å². The van der Waals surface area contributed by atoms with Gasteiger partial charge < -0.3 is 16.2 Å². The average Bonchev–Trinajstić information content (AvgIpc) is 2.38. The van der Waals surface area contributed by atoms with Crippen LogP contribution in [-0.2, 0) is 0 Å². The standard InChI is InChI=1S/C13H17ClN2O2S/c1-3-13(4-2,12(15)19)16-11(18)9-7-8(14)5-6-10(9)17/h5-7,17H,3-4H2,1-2H3,(H2,15,19)(H,16,18). The van der Waals surface area contributed by atoms with Crippen molar-refractivity contribution in [1.29, 1.82) is 0 Å². The van der Waals surface area contributed by atoms with Crippen molar-refractivity contribution < 1.29 is 9.90 Å². The first-order chi connectivity index (χ1) is 8.86. The highest BCUT2D eigenvalue weighted by molar-refractivity contribution is 7.80. The Morgan fingerprint density at radius 2 is 2.05 bits per heavy atom. The number of hydrogen-bond donors (Lipinski definition) is 3. The normalized spacial score (nSPS) is 11.1. The van der Waals surface area contributed by atoms with Crippen LogP contribution in [0.3, 0.4) is 0 Å². The van der Waals surface area contributed by atoms with Gasteiger partial charge in [0.2, 0.25) is 0 Å². The maximum absolute atomic E-state index is 12.2. The fourth-order valence-corrected chi connectivity index (χ4v) is 2.32. The lowest BCUT2D eigenvalue weighted by molar-refractivity contribution is 0.0917. The molecule has 0 aliphatic rings. The van der Waals surface area contributed by atoms with E-state index in [1.807, 2.05) is 13.8 Å². The molecule has 4 N–H and O–H groups in total. The average molecular weight is 301 g/mol. The van der Waals surface area contributed by atoms with Crippen LogP contribution in [0.4, 0.5) is 0 Å². The molecule has 1 aromatic carbocycles. The minimum atomic E-state index is -0.749. The van der Waals surface area contributed by atoms with E-state index < -0.39 is 11.4 Å². The third-order valence-corrected chi connectivity index (χ3v) is 3.86. The largest absolute Gasteiger partial charge is 0.507 e. The van der Waals surface area contributed by atoms with Gasteiger partial charge in [-0.1, -0.05) is 37.7 Å². The van der Waals surface area contributed by atoms with E-state index in [1.165, 1.54) is 18.2 Å². The molecule has 19 heavy (non-hydrogen) atoms. The number of halogens is 1. The number of aromatic hydroxyl groups is 1. The second-order valence-electron chi connectivity index (χ2n) is 4.27. The Kier molecular flexibility index (Phi) is 5.14. The van der Waals surface area contributed by atoms with Crippen LogP contribution >= 0.6 is 23.8 Å². The first-order valence-corrected chi connectivity index (χ1v) is 6.76. The first-order valence-electron chi connectivity index (χ1n) is 5.97. The van der Waals surface area contributed by atoms with E-state index in [4.69, 9.17) is 29.6 Å². The van der Waals surface area contributed by atoms with Gasteiger partial charge in [-0.15, -0.1) is 0 Å². The summed E-state index contributed by atoms with van der Waals surface area (Å²) < 4.78 is 0. The Hall–Kier alpha value is -1.33. The van der Waals surface area contributed by atoms with Gasteiger partial charge in [-0.2, -0.15) is 0 Å². The van der Waals surface area contributed by atoms with Crippen molar-refractivity contribution in [3.63, 3.8) is 0 Å². The Balaban J connectivity index is 3.07. The van der Waals surface area contributed by atoms with E-state index in [2.05, 4.69) is 5.32 Å². The number of amides is 1. The van der Waals surface area contributed by atoms with Crippen LogP contribution in [0.15, 0.2) is 18.2 Å². The van der Waals surface area contributed by atoms with Crippen LogP contribution in [-0.4, -0.2) is 21.5 Å². The number of nitrogens with one attached hydrogen (secondary N) is 1. The molecule has 0 bridgehead atoms. The minimum Gasteiger partial charge on any atom is -0.507 e. The minimum absolute atomic E-state index is 0.107. The molecule has 4 nitrogen and oxygen atoms in total. The van der Waals surface area contributed by atoms with Crippen LogP contribution in [0, 0.1) is 0 Å². The van der Waals surface area contributed by atoms with E-state index in [9.17, 15) is 9.90 Å². The summed E-state index contributed by atoms with van der Waals surface area (Å²) in [5.41, 5.74) is 5.07. The van der Waals surface area contributed by atoms with Gasteiger partial charge >= 0.3 is 0 Å². The molecule has 0 fully saturated rings. The monoisotopic (exact) mass is 300 g/mol. The van der Waals surface area contributed by atoms with Gasteiger partial charge in [-0.25, -0.2) is 0 Å². The SMILES string of the molecule is CCC(CC)(NC(=O)c1cc(Cl)ccc1O)C(N)=S. The quantitative estimate of drug-likeness (QED) is 0.731. The predicted molar refractivity (Wildman–Crippen MR) is 80.7 cm³/mol. The fraction of sp³-hybridized carbons (Fsp3) is 0.385. The van der Waals surface area contributed by atoms with Crippen LogP contribution in [0.1, 0.15) is 37.0 Å². The molecule has 0 aliphatic heterocycles. The zero-order valence-electron chi connectivity index (χ0n) is 10.9. The van der Waals surface area contributed by atoms with Crippen molar-refractivity contribution in [1.82, 2.24) is 5.32 Å². The highest BCUT2D eigenvalue weighted by Gasteiger charge is 2.32. The van der Waals surface area contributed by atoms with Crippen molar-refractivity contribution in [2.24, 2.45) is 5.73 Å². The summed E-state index contributed by atoms with van der Waals surface area (Å²) in [6.45, 7) is 3.78. The van der Waals surface area contributed by atoms with Gasteiger partial charge in [0.05, 0.1) is 16.1 Å². The van der Waals surface area contributed by atoms with Crippen molar-refractivity contribution >= 4 is 34.7 Å². The molecular weight excluding hydrogens is 284 g/mol. The molecule has 1 rings (SSSR count). The number of nitrogens with two attached hydrogens (primary N) is 1. The summed E-state index contributed by atoms with van der Waals surface area (Å²) in [6.07, 6.45) is 1.15. The molecule has 0 saturated carbocycles. The summed E-state index contributed by atoms with van der Waals surface area (Å²) in [6, 6.07) is 4.29. The van der Waals surface area contributed by atoms with E-state index in [0.29, 0.717) is 17.9 Å². The van der Waals surface area contributed by atoms with Gasteiger partial charge in [-0.3, -0.25) is 4.79 Å². The third-order valence-electron chi connectivity index (χ3n) is 3.23. The van der Waals surface area contributed by atoms with Crippen LogP contribution in [0.5, 0.6) is 5.75 Å². The molecule has 0 saturated heterocycles. The molecule has 1 amide bonds. The smallest absolute Gasteiger partial charge is 0.255 e. The van der Waals surface area contributed by atoms with E-state index >= 15 is 0 Å². The van der Waals surface area contributed by atoms with E-state index in [-0.39, 0.29) is 16.3 Å². The van der Waals surface area contributed by atoms with Crippen molar-refractivity contribution in [2.45, 2.75) is 32.2 Å². The van der Waals surface area contributed by atoms with Crippen molar-refractivity contribution in [3.05, 3.63) is 28.8 Å². The lowest BCUT2D eigenvalue weighted by Gasteiger charge is -2.31. The summed E-state index contributed by atoms with van der Waals surface area (Å²) in [4.78, 5) is 12.4. The number of benzene rings is 1. The van der Waals surface area contributed by atoms with Gasteiger partial charge in [0.15, 0.2) is 0 Å². The second kappa shape index (κ2) is 6.21. The number of phenolic OH excluding ortho intramolecular Hbond substituents is 1. The lowest BCUT2D eigenvalue weighted by atomic mass is 9.92. The molecule has 0 unspecified atom stereocenters. The predicted octanol–water partition coefficient (Wildman–Crippen LogP) is 2.62. The number of hydrogen-bond acceptors (Lipinski definition) is 3. The number of thiocarbonyl (C=S) groups is 1. The Morgan fingerprint density at radius 1 is 1.47 bits per heavy atom. The number of phenols is 1. The van der Waals surface area contributed by atoms with Crippen LogP contribution in [0.2, 0.25) is 5.02 Å². The van der Waals surface area contributed by atoms with Crippen LogP contribution in [0.25, 0.3) is 0 Å². The number of rotatable bonds is 5. The third kappa shape index (κ3) is 3.36. The Labute approximate surface area is 122 Å². The molecule has 104 valence electrons. The molecule has 1 aromatic rings. The summed E-state index contributed by atoms with van der Waals surface area (Å²) in [7, 11) is 0. The number of carbonyl (C=O) groups is 1. The maximum Gasteiger partial charge on any atom is 0.255 e. The van der Waals surface area contributed by atoms with E-state index in [1.54, 1.807) is 0 Å². The maximum atomic E-state index is 12.2. The summed E-state index contributed by atoms with van der Waals surface area (Å²) in [5, 5.41) is 12.9. The summed E-state index contributed by atoms with van der Waals surface area (Å²) >= 11 is 10.8. The lowest BCUT2D eigenvalue weighted by Crippen LogP contribution is -2.55. The van der Waals surface area contributed by atoms with Gasteiger partial charge in [0.25, 0.3) is 5.91 Å². The molecule has 0 aliphatic carbocycles. The van der Waals surface area contributed by atoms with Crippen LogP contribution < -0.4 is 11.1 Å². The molecule has 0 aromatic heterocycles. The fourth-order valence-electron chi connectivity index (χ4n) is 1.81. The molecule has 0 atom stereocenters. The molecule has 0 spiro atoms. The van der Waals surface area contributed by atoms with E-state index in [0.717, 1.165) is 0 Å². The topological polar surface area (TPSA) is 75.3 Å². The molecule has 0 radical (unpaired) electrons. The zero-order valence-corrected chi connectivity index (χ0v) is 12.4. The summed E-state index contributed by atoms with van der Waals surface area (Å²) in [5.74, 6) is -0.581. The van der Waals surface area contributed by atoms with Crippen molar-refractivity contribution in [2.75, 3.05) is 0 Å². The molecule has 6 heteroatoms. The zero-order chi connectivity index (χ0) is 14.6. The van der Waals surface area contributed by atoms with Crippen molar-refractivity contribution in [3.8, 4) is 5.75 Å². The first kappa shape index (κ1) is 15.7. The number of carbonyl (C=O) groups excluding carboxylic acids is 1. The Bertz CT molecular complexity index is 501. The molecule has 0 heterocycles. The Morgan fingerprint density at radius 3 is 2.53 bits per heavy atom. The van der Waals surface area contributed by atoms with Gasteiger partial charge in [-0.05, 0) is 31.0 Å². The van der Waals surface area contributed by atoms with Gasteiger partial charge in [0.1, 0.15) is 5.75 Å². The molecular formula is C13H17ClN2O2S.